The predicted octanol–water partition coefficient (Wildman–Crippen LogP) is 21.5. The first-order chi connectivity index (χ1) is 56.2. The molecule has 1 saturated carbocycles. The molecule has 0 radical (unpaired) electrons. The Labute approximate surface area is 689 Å². The second-order valence-electron chi connectivity index (χ2n) is 32.9. The van der Waals surface area contributed by atoms with Gasteiger partial charge in [-0.05, 0) is 231 Å². The molecule has 14 rings (SSSR count). The van der Waals surface area contributed by atoms with Crippen LogP contribution in [0.5, 0.6) is 0 Å². The number of rotatable bonds is 18. The lowest BCUT2D eigenvalue weighted by atomic mass is 9.76. The van der Waals surface area contributed by atoms with Gasteiger partial charge in [-0.25, -0.2) is 27.2 Å². The zero-order chi connectivity index (χ0) is 84.3. The van der Waals surface area contributed by atoms with E-state index < -0.39 is 126 Å². The smallest absolute Gasteiger partial charge is 0.410 e. The number of nitro groups is 4. The highest BCUT2D eigenvalue weighted by Gasteiger charge is 2.44. The lowest BCUT2D eigenvalue weighted by Gasteiger charge is -2.36. The number of hydrogen-bond acceptors (Lipinski definition) is 17. The molecule has 0 unspecified atom stereocenters. The molecule has 0 spiro atoms. The third kappa shape index (κ3) is 18.7. The summed E-state index contributed by atoms with van der Waals surface area (Å²) in [6.07, 6.45) is 6.10. The maximum absolute atomic E-state index is 16.7. The van der Waals surface area contributed by atoms with E-state index in [0.29, 0.717) is 105 Å². The fourth-order valence-electron chi connectivity index (χ4n) is 17.7. The number of piperidine rings is 1. The first kappa shape index (κ1) is 84.5. The number of likely N-dealkylation sites (tertiary alicyclic amines) is 2. The Balaban J connectivity index is 0.000000229. The molecular weight excluding hydrogens is 1570 g/mol. The summed E-state index contributed by atoms with van der Waals surface area (Å²) in [7, 11) is 0. The molecule has 620 valence electrons. The van der Waals surface area contributed by atoms with Crippen molar-refractivity contribution in [2.75, 3.05) is 51.5 Å². The van der Waals surface area contributed by atoms with Crippen LogP contribution >= 0.6 is 23.2 Å². The molecule has 5 aliphatic heterocycles. The fraction of sp³-hybridized carbons (Fsp3) is 0.402. The number of nitrogens with one attached hydrogen (secondary N) is 2. The summed E-state index contributed by atoms with van der Waals surface area (Å²) in [5, 5.41) is 54.1. The van der Waals surface area contributed by atoms with Crippen molar-refractivity contribution in [1.82, 2.24) is 9.80 Å². The number of hydrogen-bond donors (Lipinski definition) is 2. The Morgan fingerprint density at radius 3 is 1.08 bits per heavy atom. The van der Waals surface area contributed by atoms with Crippen LogP contribution in [0.15, 0.2) is 158 Å². The van der Waals surface area contributed by atoms with Gasteiger partial charge in [-0.1, -0.05) is 108 Å². The van der Waals surface area contributed by atoms with Crippen LogP contribution in [-0.4, -0.2) is 103 Å². The standard InChI is InChI=1S/C53H62F2N8O10.C34H29Cl2F2N3O4/c1-52(2,3)72-50(66)59-24-10-14-43(59)48(64)56-39-18-16-34(28-45(39)62(68)69)41-20-21-42(61(41)36-30-37(54)47(38(55)31-36)58-26-22-33(23-27-58)32-12-8-7-9-13-32)35-17-19-40(46(29-35)63(70)71)57-49(65)44-15-11-25-60(44)51(67)73-53(4,5)6;35-26-12-10-23(16-32(26)40(42)43)30-14-15-31(24-11-13-27(36)33(17-24)41(44)45)39(30)25-18-28(37)34(29(38)19-25)22-8-6-21(7-9-22)20-4-2-1-3-5-20/h7-9,12-13,16-19,28-31,33,41-44H,10-11,14-15,20-27H2,1-6H3,(H,56,64)(H,57,65);1-5,10-13,16-19,21-22,30-31H,6-9,14-15H2/t41-,42-,43+,44+;21?,22?,30-,31-/m11/s1. The zero-order valence-corrected chi connectivity index (χ0v) is 67.5. The monoisotopic (exact) mass is 1660 g/mol. The molecule has 31 heteroatoms. The lowest BCUT2D eigenvalue weighted by molar-refractivity contribution is -0.384. The van der Waals surface area contributed by atoms with Gasteiger partial charge in [0.2, 0.25) is 11.8 Å². The Hall–Kier alpha value is -11.5. The van der Waals surface area contributed by atoms with E-state index in [2.05, 4.69) is 22.8 Å². The number of nitro benzene ring substituents is 4. The van der Waals surface area contributed by atoms with Gasteiger partial charge in [-0.15, -0.1) is 0 Å². The molecule has 2 N–H and O–H groups in total. The Bertz CT molecular complexity index is 4920. The lowest BCUT2D eigenvalue weighted by Crippen LogP contribution is -2.45. The maximum atomic E-state index is 16.7. The molecule has 5 heterocycles. The molecule has 6 fully saturated rings. The molecule has 6 aliphatic rings. The fourth-order valence-corrected chi connectivity index (χ4v) is 18.1. The van der Waals surface area contributed by atoms with Crippen LogP contribution in [0.1, 0.15) is 212 Å². The topological polar surface area (TPSA) is 300 Å². The number of halogens is 6. The number of amides is 4. The normalized spacial score (nSPS) is 20.9. The second-order valence-corrected chi connectivity index (χ2v) is 33.7. The SMILES string of the molecule is CC(C)(C)OC(=O)N1CCC[C@H]1C(=O)Nc1ccc([C@H]2CC[C@H](c3ccc(NC(=O)[C@@H]4CCCN4C(=O)OC(C)(C)C)c([N+](=O)[O-])c3)N2c2cc(F)c(N3CCC(c4ccccc4)CC3)c(F)c2)cc1[N+](=O)[O-].O=[N+]([O-])c1cc([C@H]2CC[C@H](c3ccc(Cl)c([N+](=O)[O-])c3)N2c2cc(F)c(C3CCC(c4ccccc4)CC3)c(F)c2)ccc1Cl. The van der Waals surface area contributed by atoms with E-state index in [9.17, 15) is 59.6 Å². The summed E-state index contributed by atoms with van der Waals surface area (Å²) in [5.41, 5.74) is 1.03. The molecule has 118 heavy (non-hydrogen) atoms. The summed E-state index contributed by atoms with van der Waals surface area (Å²) in [4.78, 5) is 108. The van der Waals surface area contributed by atoms with Crippen molar-refractivity contribution in [3.63, 3.8) is 0 Å². The van der Waals surface area contributed by atoms with Crippen LogP contribution in [0.2, 0.25) is 10.0 Å². The van der Waals surface area contributed by atoms with Gasteiger partial charge in [0.25, 0.3) is 22.7 Å². The van der Waals surface area contributed by atoms with Crippen molar-refractivity contribution in [2.45, 2.75) is 197 Å². The molecular formula is C87H91Cl2F4N11O14. The molecule has 8 aromatic rings. The zero-order valence-electron chi connectivity index (χ0n) is 65.9. The molecule has 1 aliphatic carbocycles. The summed E-state index contributed by atoms with van der Waals surface area (Å²) in [6.45, 7) is 11.6. The number of carbonyl (C=O) groups excluding carboxylic acids is 4. The average Bonchev–Trinajstić information content (AvgIpc) is 1.57. The quantitative estimate of drug-likeness (QED) is 0.0458. The van der Waals surface area contributed by atoms with Gasteiger partial charge in [0.05, 0.1) is 43.9 Å². The Morgan fingerprint density at radius 1 is 0.398 bits per heavy atom. The van der Waals surface area contributed by atoms with Crippen molar-refractivity contribution < 1.29 is 65.9 Å². The molecule has 8 aromatic carbocycles. The molecule has 25 nitrogen and oxygen atoms in total. The van der Waals surface area contributed by atoms with Crippen LogP contribution in [-0.2, 0) is 19.1 Å². The summed E-state index contributed by atoms with van der Waals surface area (Å²) < 4.78 is 76.3. The summed E-state index contributed by atoms with van der Waals surface area (Å²) >= 11 is 12.2. The third-order valence-electron chi connectivity index (χ3n) is 23.1. The van der Waals surface area contributed by atoms with Crippen LogP contribution < -0.4 is 25.3 Å². The minimum absolute atomic E-state index is 0.0263. The molecule has 4 amide bonds. The average molecular weight is 1660 g/mol. The van der Waals surface area contributed by atoms with Crippen molar-refractivity contribution in [3.8, 4) is 0 Å². The highest BCUT2D eigenvalue weighted by molar-refractivity contribution is 6.33. The minimum Gasteiger partial charge on any atom is -0.444 e. The van der Waals surface area contributed by atoms with Gasteiger partial charge in [0.15, 0.2) is 11.6 Å². The molecule has 6 atom stereocenters. The minimum atomic E-state index is -0.943. The van der Waals surface area contributed by atoms with Crippen molar-refractivity contribution >= 4 is 98.4 Å². The van der Waals surface area contributed by atoms with E-state index in [1.165, 1.54) is 88.2 Å². The second kappa shape index (κ2) is 35.4. The van der Waals surface area contributed by atoms with E-state index in [0.717, 1.165) is 18.4 Å². The summed E-state index contributed by atoms with van der Waals surface area (Å²) in [6, 6.07) is 38.1. The van der Waals surface area contributed by atoms with E-state index in [-0.39, 0.29) is 93.2 Å². The largest absolute Gasteiger partial charge is 0.444 e. The Morgan fingerprint density at radius 2 is 0.729 bits per heavy atom. The van der Waals surface area contributed by atoms with Crippen LogP contribution in [0.4, 0.5) is 78.3 Å². The van der Waals surface area contributed by atoms with Crippen LogP contribution in [0.3, 0.4) is 0 Å². The number of carbonyl (C=O) groups is 4. The van der Waals surface area contributed by atoms with Gasteiger partial charge < -0.3 is 34.8 Å². The van der Waals surface area contributed by atoms with Crippen molar-refractivity contribution in [2.24, 2.45) is 0 Å². The van der Waals surface area contributed by atoms with Gasteiger partial charge in [0, 0.05) is 67.4 Å². The molecule has 0 aromatic heterocycles. The predicted molar refractivity (Wildman–Crippen MR) is 440 cm³/mol. The van der Waals surface area contributed by atoms with Crippen molar-refractivity contribution in [1.29, 1.82) is 0 Å². The van der Waals surface area contributed by atoms with Crippen LogP contribution in [0, 0.1) is 63.7 Å². The molecule has 0 bridgehead atoms. The van der Waals surface area contributed by atoms with Gasteiger partial charge in [-0.3, -0.25) is 59.8 Å². The third-order valence-corrected chi connectivity index (χ3v) is 23.8. The van der Waals surface area contributed by atoms with E-state index in [1.54, 1.807) is 80.5 Å². The van der Waals surface area contributed by atoms with Gasteiger partial charge in [0.1, 0.15) is 62.0 Å². The molecule has 5 saturated heterocycles. The number of ether oxygens (including phenoxy) is 2. The van der Waals surface area contributed by atoms with E-state index >= 15 is 17.6 Å². The highest BCUT2D eigenvalue weighted by Crippen LogP contribution is 2.53. The first-order valence-corrected chi connectivity index (χ1v) is 40.4. The highest BCUT2D eigenvalue weighted by atomic mass is 35.5. The van der Waals surface area contributed by atoms with E-state index in [1.807, 2.05) is 48.5 Å². The Kier molecular flexibility index (Phi) is 25.3. The first-order valence-electron chi connectivity index (χ1n) is 39.6. The number of nitrogens with zero attached hydrogens (tertiary/aromatic N) is 9. The van der Waals surface area contributed by atoms with E-state index in [4.69, 9.17) is 32.7 Å². The number of anilines is 5. The van der Waals surface area contributed by atoms with Crippen LogP contribution in [0.25, 0.3) is 0 Å². The van der Waals surface area contributed by atoms with Gasteiger partial charge >= 0.3 is 12.2 Å². The van der Waals surface area contributed by atoms with Gasteiger partial charge in [-0.2, -0.15) is 0 Å². The van der Waals surface area contributed by atoms with Crippen molar-refractivity contribution in [3.05, 3.63) is 270 Å². The summed E-state index contributed by atoms with van der Waals surface area (Å²) in [5.74, 6) is -3.92. The maximum Gasteiger partial charge on any atom is 0.410 e. The number of benzene rings is 8.